The molecule has 2 atom stereocenters. The fraction of sp³-hybridized carbons (Fsp3) is 0.733. The number of rotatable bonds is 4. The molecule has 0 radical (unpaired) electrons. The Labute approximate surface area is 124 Å². The number of hydrogen-bond acceptors (Lipinski definition) is 4. The molecule has 2 aliphatic rings. The van der Waals surface area contributed by atoms with Gasteiger partial charge in [-0.25, -0.2) is 4.98 Å². The van der Waals surface area contributed by atoms with Crippen molar-refractivity contribution in [2.24, 2.45) is 0 Å². The molecule has 2 unspecified atom stereocenters. The summed E-state index contributed by atoms with van der Waals surface area (Å²) in [7, 11) is 2.20. The fourth-order valence-electron chi connectivity index (χ4n) is 3.66. The Morgan fingerprint density at radius 1 is 1.35 bits per heavy atom. The lowest BCUT2D eigenvalue weighted by Crippen LogP contribution is -2.47. The average molecular weight is 293 g/mol. The van der Waals surface area contributed by atoms with E-state index in [4.69, 9.17) is 0 Å². The van der Waals surface area contributed by atoms with Gasteiger partial charge >= 0.3 is 0 Å². The van der Waals surface area contributed by atoms with E-state index in [9.17, 15) is 4.79 Å². The van der Waals surface area contributed by atoms with Crippen LogP contribution in [0.3, 0.4) is 0 Å². The third-order valence-corrected chi connectivity index (χ3v) is 5.52. The summed E-state index contributed by atoms with van der Waals surface area (Å²) in [5.74, 6) is 0.322. The van der Waals surface area contributed by atoms with Gasteiger partial charge in [-0.05, 0) is 39.3 Å². The molecule has 5 heteroatoms. The minimum atomic E-state index is 0.322. The highest BCUT2D eigenvalue weighted by Crippen LogP contribution is 2.29. The van der Waals surface area contributed by atoms with Crippen LogP contribution in [0.4, 0.5) is 0 Å². The van der Waals surface area contributed by atoms with Gasteiger partial charge in [-0.3, -0.25) is 4.79 Å². The number of carbonyl (C=O) groups excluding carboxylic acids is 1. The van der Waals surface area contributed by atoms with E-state index in [1.54, 1.807) is 11.3 Å². The van der Waals surface area contributed by atoms with Gasteiger partial charge in [0.25, 0.3) is 0 Å². The Balaban J connectivity index is 1.58. The first-order valence-corrected chi connectivity index (χ1v) is 8.52. The molecular formula is C15H23N3OS. The molecule has 0 aliphatic carbocycles. The lowest BCUT2D eigenvalue weighted by atomic mass is 10.0. The molecule has 4 nitrogen and oxygen atoms in total. The Bertz CT molecular complexity index is 448. The minimum absolute atomic E-state index is 0.322. The van der Waals surface area contributed by atoms with Crippen LogP contribution in [0.15, 0.2) is 11.6 Å². The molecule has 110 valence electrons. The number of aromatic nitrogens is 1. The molecule has 0 bridgehead atoms. The molecule has 1 aromatic heterocycles. The van der Waals surface area contributed by atoms with E-state index >= 15 is 0 Å². The molecule has 0 N–H and O–H groups in total. The summed E-state index contributed by atoms with van der Waals surface area (Å²) >= 11 is 1.64. The predicted molar refractivity (Wildman–Crippen MR) is 80.8 cm³/mol. The molecule has 1 aromatic rings. The van der Waals surface area contributed by atoms with Gasteiger partial charge in [0.1, 0.15) is 0 Å². The van der Waals surface area contributed by atoms with E-state index in [1.807, 2.05) is 11.6 Å². The van der Waals surface area contributed by atoms with Crippen molar-refractivity contribution in [2.45, 2.75) is 50.6 Å². The van der Waals surface area contributed by atoms with Gasteiger partial charge in [0.05, 0.1) is 5.01 Å². The van der Waals surface area contributed by atoms with Crippen LogP contribution in [0.1, 0.15) is 37.1 Å². The van der Waals surface area contributed by atoms with Gasteiger partial charge < -0.3 is 9.80 Å². The highest BCUT2D eigenvalue weighted by Gasteiger charge is 2.37. The molecule has 0 aromatic carbocycles. The maximum Gasteiger partial charge on any atom is 0.223 e. The number of thiazole rings is 1. The third kappa shape index (κ3) is 2.88. The Morgan fingerprint density at radius 2 is 2.15 bits per heavy atom. The topological polar surface area (TPSA) is 36.4 Å². The average Bonchev–Trinajstić information content (AvgIpc) is 3.16. The molecular weight excluding hydrogens is 270 g/mol. The Morgan fingerprint density at radius 3 is 2.85 bits per heavy atom. The Hall–Kier alpha value is -0.940. The van der Waals surface area contributed by atoms with Crippen LogP contribution in [0.5, 0.6) is 0 Å². The van der Waals surface area contributed by atoms with Crippen molar-refractivity contribution in [3.8, 4) is 0 Å². The van der Waals surface area contributed by atoms with Crippen LogP contribution in [-0.4, -0.2) is 52.9 Å². The van der Waals surface area contributed by atoms with Crippen LogP contribution < -0.4 is 0 Å². The standard InChI is InChI=1S/C15H23N3OS/c1-17-9-2-4-12(17)13-5-3-10-18(13)15(19)7-6-14-16-8-11-20-14/h8,11-13H,2-7,9-10H2,1H3. The van der Waals surface area contributed by atoms with Crippen molar-refractivity contribution < 1.29 is 4.79 Å². The zero-order valence-electron chi connectivity index (χ0n) is 12.1. The van der Waals surface area contributed by atoms with E-state index in [1.165, 1.54) is 25.8 Å². The molecule has 2 aliphatic heterocycles. The van der Waals surface area contributed by atoms with Crippen molar-refractivity contribution in [3.05, 3.63) is 16.6 Å². The summed E-state index contributed by atoms with van der Waals surface area (Å²) in [5.41, 5.74) is 0. The van der Waals surface area contributed by atoms with Crippen LogP contribution in [0.25, 0.3) is 0 Å². The van der Waals surface area contributed by atoms with Crippen LogP contribution in [0, 0.1) is 0 Å². The molecule has 2 fully saturated rings. The number of carbonyl (C=O) groups is 1. The van der Waals surface area contributed by atoms with Gasteiger partial charge in [-0.2, -0.15) is 0 Å². The van der Waals surface area contributed by atoms with Crippen LogP contribution in [0.2, 0.25) is 0 Å². The highest BCUT2D eigenvalue weighted by atomic mass is 32.1. The molecule has 0 saturated carbocycles. The number of aryl methyl sites for hydroxylation is 1. The van der Waals surface area contributed by atoms with E-state index in [-0.39, 0.29) is 0 Å². The summed E-state index contributed by atoms with van der Waals surface area (Å²) in [6, 6.07) is 1.03. The van der Waals surface area contributed by atoms with Crippen molar-refractivity contribution >= 4 is 17.2 Å². The number of likely N-dealkylation sites (tertiary alicyclic amines) is 2. The van der Waals surface area contributed by atoms with Gasteiger partial charge in [0, 0.05) is 43.0 Å². The van der Waals surface area contributed by atoms with E-state index in [0.717, 1.165) is 24.4 Å². The van der Waals surface area contributed by atoms with Gasteiger partial charge in [0.15, 0.2) is 0 Å². The number of hydrogen-bond donors (Lipinski definition) is 0. The molecule has 20 heavy (non-hydrogen) atoms. The van der Waals surface area contributed by atoms with Crippen molar-refractivity contribution in [1.29, 1.82) is 0 Å². The van der Waals surface area contributed by atoms with E-state index < -0.39 is 0 Å². The minimum Gasteiger partial charge on any atom is -0.338 e. The zero-order chi connectivity index (χ0) is 13.9. The number of nitrogens with zero attached hydrogens (tertiary/aromatic N) is 3. The molecule has 3 heterocycles. The second-order valence-electron chi connectivity index (χ2n) is 5.91. The van der Waals surface area contributed by atoms with Gasteiger partial charge in [0.2, 0.25) is 5.91 Å². The lowest BCUT2D eigenvalue weighted by Gasteiger charge is -2.33. The second-order valence-corrected chi connectivity index (χ2v) is 6.89. The summed E-state index contributed by atoms with van der Waals surface area (Å²) in [6.45, 7) is 2.13. The Kier molecular flexibility index (Phi) is 4.36. The van der Waals surface area contributed by atoms with Crippen molar-refractivity contribution in [1.82, 2.24) is 14.8 Å². The second kappa shape index (κ2) is 6.22. The van der Waals surface area contributed by atoms with E-state index in [2.05, 4.69) is 21.8 Å². The molecule has 1 amide bonds. The van der Waals surface area contributed by atoms with Crippen LogP contribution >= 0.6 is 11.3 Å². The summed E-state index contributed by atoms with van der Waals surface area (Å²) in [4.78, 5) is 21.4. The predicted octanol–water partition coefficient (Wildman–Crippen LogP) is 2.16. The van der Waals surface area contributed by atoms with E-state index in [0.29, 0.717) is 24.4 Å². The van der Waals surface area contributed by atoms with Gasteiger partial charge in [-0.1, -0.05) is 0 Å². The number of likely N-dealkylation sites (N-methyl/N-ethyl adjacent to an activating group) is 1. The first-order chi connectivity index (χ1) is 9.75. The first kappa shape index (κ1) is 14.0. The summed E-state index contributed by atoms with van der Waals surface area (Å²) < 4.78 is 0. The fourth-order valence-corrected chi connectivity index (χ4v) is 4.28. The summed E-state index contributed by atoms with van der Waals surface area (Å²) in [5, 5.41) is 3.05. The SMILES string of the molecule is CN1CCCC1C1CCCN1C(=O)CCc1nccs1. The number of amides is 1. The normalized spacial score (nSPS) is 27.4. The maximum absolute atomic E-state index is 12.5. The zero-order valence-corrected chi connectivity index (χ0v) is 12.9. The largest absolute Gasteiger partial charge is 0.338 e. The monoisotopic (exact) mass is 293 g/mol. The lowest BCUT2D eigenvalue weighted by molar-refractivity contribution is -0.132. The first-order valence-electron chi connectivity index (χ1n) is 7.64. The third-order valence-electron chi connectivity index (χ3n) is 4.68. The quantitative estimate of drug-likeness (QED) is 0.853. The smallest absolute Gasteiger partial charge is 0.223 e. The maximum atomic E-state index is 12.5. The molecule has 3 rings (SSSR count). The van der Waals surface area contributed by atoms with Crippen molar-refractivity contribution in [3.63, 3.8) is 0 Å². The highest BCUT2D eigenvalue weighted by molar-refractivity contribution is 7.09. The molecule has 0 spiro atoms. The van der Waals surface area contributed by atoms with Crippen LogP contribution in [-0.2, 0) is 11.2 Å². The van der Waals surface area contributed by atoms with Gasteiger partial charge in [-0.15, -0.1) is 11.3 Å². The summed E-state index contributed by atoms with van der Waals surface area (Å²) in [6.07, 6.45) is 8.09. The molecule has 2 saturated heterocycles. The van der Waals surface area contributed by atoms with Crippen molar-refractivity contribution in [2.75, 3.05) is 20.1 Å².